The van der Waals surface area contributed by atoms with E-state index < -0.39 is 0 Å². The van der Waals surface area contributed by atoms with Gasteiger partial charge in [-0.15, -0.1) is 0 Å². The zero-order valence-corrected chi connectivity index (χ0v) is 13.2. The molecule has 3 aromatic rings. The molecule has 7 heteroatoms. The number of benzene rings is 1. The molecular formula is C17H12ClN3O3. The summed E-state index contributed by atoms with van der Waals surface area (Å²) in [6.07, 6.45) is 4.88. The first-order valence-corrected chi connectivity index (χ1v) is 7.60. The van der Waals surface area contributed by atoms with E-state index in [1.54, 1.807) is 24.3 Å². The highest BCUT2D eigenvalue weighted by Gasteiger charge is 2.13. The van der Waals surface area contributed by atoms with E-state index >= 15 is 0 Å². The lowest BCUT2D eigenvalue weighted by Gasteiger charge is -2.03. The molecule has 0 unspecified atom stereocenters. The third-order valence-corrected chi connectivity index (χ3v) is 3.83. The number of rotatable bonds is 3. The molecule has 0 atom stereocenters. The van der Waals surface area contributed by atoms with Crippen LogP contribution in [0.15, 0.2) is 48.7 Å². The Balaban J connectivity index is 1.53. The van der Waals surface area contributed by atoms with Gasteiger partial charge in [0.15, 0.2) is 16.7 Å². The summed E-state index contributed by atoms with van der Waals surface area (Å²) in [6.45, 7) is 0.194. The van der Waals surface area contributed by atoms with Crippen molar-refractivity contribution in [1.29, 1.82) is 0 Å². The molecule has 0 fully saturated rings. The van der Waals surface area contributed by atoms with Crippen LogP contribution in [0, 0.1) is 0 Å². The second kappa shape index (κ2) is 5.90. The van der Waals surface area contributed by atoms with Crippen LogP contribution in [0.5, 0.6) is 11.5 Å². The maximum Gasteiger partial charge on any atom is 0.248 e. The number of nitrogens with one attached hydrogen (secondary N) is 1. The SMILES string of the molecule is O=C(C=Cc1c(Cl)nc2ccccn12)Nc1ccc2c(c1)OCO2. The Labute approximate surface area is 142 Å². The van der Waals surface area contributed by atoms with Crippen molar-refractivity contribution in [2.24, 2.45) is 0 Å². The number of amides is 1. The molecule has 1 aliphatic rings. The van der Waals surface area contributed by atoms with Crippen molar-refractivity contribution in [2.75, 3.05) is 12.1 Å². The molecule has 2 aromatic heterocycles. The summed E-state index contributed by atoms with van der Waals surface area (Å²) in [5, 5.41) is 3.11. The highest BCUT2D eigenvalue weighted by molar-refractivity contribution is 6.31. The van der Waals surface area contributed by atoms with Gasteiger partial charge in [-0.3, -0.25) is 9.20 Å². The molecule has 4 rings (SSSR count). The van der Waals surface area contributed by atoms with Crippen molar-refractivity contribution in [3.63, 3.8) is 0 Å². The van der Waals surface area contributed by atoms with Gasteiger partial charge in [-0.05, 0) is 30.3 Å². The fourth-order valence-electron chi connectivity index (χ4n) is 2.45. The minimum atomic E-state index is -0.282. The predicted molar refractivity (Wildman–Crippen MR) is 90.4 cm³/mol. The van der Waals surface area contributed by atoms with Gasteiger partial charge in [0.25, 0.3) is 0 Å². The van der Waals surface area contributed by atoms with Crippen LogP contribution in [0.25, 0.3) is 11.7 Å². The summed E-state index contributed by atoms with van der Waals surface area (Å²) in [6, 6.07) is 10.8. The third-order valence-electron chi connectivity index (χ3n) is 3.55. The molecular weight excluding hydrogens is 330 g/mol. The zero-order chi connectivity index (χ0) is 16.5. The summed E-state index contributed by atoms with van der Waals surface area (Å²) >= 11 is 6.13. The predicted octanol–water partition coefficient (Wildman–Crippen LogP) is 3.37. The lowest BCUT2D eigenvalue weighted by molar-refractivity contribution is -0.111. The second-order valence-corrected chi connectivity index (χ2v) is 5.47. The Morgan fingerprint density at radius 1 is 1.25 bits per heavy atom. The van der Waals surface area contributed by atoms with Gasteiger partial charge in [0.05, 0.1) is 5.69 Å². The molecule has 3 heterocycles. The number of anilines is 1. The standard InChI is InChI=1S/C17H12ClN3O3/c18-17-12(21-8-2-1-3-15(21)20-17)5-7-16(22)19-11-4-6-13-14(9-11)24-10-23-13/h1-9H,10H2,(H,19,22). The minimum Gasteiger partial charge on any atom is -0.454 e. The average Bonchev–Trinajstić information content (AvgIpc) is 3.16. The first-order chi connectivity index (χ1) is 11.7. The number of halogens is 1. The second-order valence-electron chi connectivity index (χ2n) is 5.11. The fourth-order valence-corrected chi connectivity index (χ4v) is 2.69. The average molecular weight is 342 g/mol. The maximum atomic E-state index is 12.1. The Morgan fingerprint density at radius 3 is 3.04 bits per heavy atom. The number of ether oxygens (including phenoxy) is 2. The van der Waals surface area contributed by atoms with Crippen LogP contribution in [-0.2, 0) is 4.79 Å². The Hall–Kier alpha value is -2.99. The number of fused-ring (bicyclic) bond motifs is 2. The van der Waals surface area contributed by atoms with E-state index in [-0.39, 0.29) is 12.7 Å². The van der Waals surface area contributed by atoms with E-state index in [1.807, 2.05) is 28.8 Å². The van der Waals surface area contributed by atoms with Gasteiger partial charge in [-0.25, -0.2) is 4.98 Å². The minimum absolute atomic E-state index is 0.194. The van der Waals surface area contributed by atoms with Crippen molar-refractivity contribution in [3.05, 3.63) is 59.5 Å². The van der Waals surface area contributed by atoms with Crippen molar-refractivity contribution in [2.45, 2.75) is 0 Å². The van der Waals surface area contributed by atoms with Crippen molar-refractivity contribution < 1.29 is 14.3 Å². The van der Waals surface area contributed by atoms with Crippen molar-refractivity contribution >= 4 is 34.9 Å². The molecule has 120 valence electrons. The van der Waals surface area contributed by atoms with Crippen LogP contribution < -0.4 is 14.8 Å². The van der Waals surface area contributed by atoms with E-state index in [1.165, 1.54) is 6.08 Å². The molecule has 6 nitrogen and oxygen atoms in total. The number of nitrogens with zero attached hydrogens (tertiary/aromatic N) is 2. The van der Waals surface area contributed by atoms with Gasteiger partial charge in [-0.1, -0.05) is 17.7 Å². The van der Waals surface area contributed by atoms with Crippen LogP contribution in [0.2, 0.25) is 5.15 Å². The van der Waals surface area contributed by atoms with Gasteiger partial charge < -0.3 is 14.8 Å². The monoisotopic (exact) mass is 341 g/mol. The molecule has 0 bridgehead atoms. The van der Waals surface area contributed by atoms with E-state index in [0.29, 0.717) is 28.0 Å². The van der Waals surface area contributed by atoms with E-state index in [0.717, 1.165) is 5.65 Å². The normalized spacial score (nSPS) is 12.9. The molecule has 0 spiro atoms. The van der Waals surface area contributed by atoms with Gasteiger partial charge in [0, 0.05) is 24.0 Å². The number of aromatic nitrogens is 2. The fraction of sp³-hybridized carbons (Fsp3) is 0.0588. The first kappa shape index (κ1) is 14.6. The lowest BCUT2D eigenvalue weighted by atomic mass is 10.2. The summed E-state index contributed by atoms with van der Waals surface area (Å²) in [5.74, 6) is 0.999. The number of carbonyl (C=O) groups excluding carboxylic acids is 1. The van der Waals surface area contributed by atoms with Crippen LogP contribution in [0.1, 0.15) is 5.69 Å². The molecule has 1 amide bonds. The Bertz CT molecular complexity index is 965. The summed E-state index contributed by atoms with van der Waals surface area (Å²) < 4.78 is 12.3. The number of carbonyl (C=O) groups is 1. The highest BCUT2D eigenvalue weighted by atomic mass is 35.5. The lowest BCUT2D eigenvalue weighted by Crippen LogP contribution is -2.07. The first-order valence-electron chi connectivity index (χ1n) is 7.22. The number of hydrogen-bond donors (Lipinski definition) is 1. The van der Waals surface area contributed by atoms with Gasteiger partial charge in [0.1, 0.15) is 5.65 Å². The smallest absolute Gasteiger partial charge is 0.248 e. The summed E-state index contributed by atoms with van der Waals surface area (Å²) in [7, 11) is 0. The summed E-state index contributed by atoms with van der Waals surface area (Å²) in [4.78, 5) is 16.3. The number of pyridine rings is 1. The maximum absolute atomic E-state index is 12.1. The van der Waals surface area contributed by atoms with Crippen LogP contribution >= 0.6 is 11.6 Å². The van der Waals surface area contributed by atoms with Crippen LogP contribution in [-0.4, -0.2) is 22.1 Å². The van der Waals surface area contributed by atoms with Gasteiger partial charge in [-0.2, -0.15) is 0 Å². The molecule has 0 saturated heterocycles. The van der Waals surface area contributed by atoms with Gasteiger partial charge in [0.2, 0.25) is 12.7 Å². The van der Waals surface area contributed by atoms with Crippen LogP contribution in [0.4, 0.5) is 5.69 Å². The molecule has 24 heavy (non-hydrogen) atoms. The van der Waals surface area contributed by atoms with Crippen LogP contribution in [0.3, 0.4) is 0 Å². The molecule has 1 N–H and O–H groups in total. The van der Waals surface area contributed by atoms with Gasteiger partial charge >= 0.3 is 0 Å². The summed E-state index contributed by atoms with van der Waals surface area (Å²) in [5.41, 5.74) is 1.99. The van der Waals surface area contributed by atoms with Crippen molar-refractivity contribution in [3.8, 4) is 11.5 Å². The van der Waals surface area contributed by atoms with E-state index in [9.17, 15) is 4.79 Å². The largest absolute Gasteiger partial charge is 0.454 e. The zero-order valence-electron chi connectivity index (χ0n) is 12.4. The molecule has 0 aliphatic carbocycles. The molecule has 0 radical (unpaired) electrons. The quantitative estimate of drug-likeness (QED) is 0.742. The number of imidazole rings is 1. The number of hydrogen-bond acceptors (Lipinski definition) is 4. The Kier molecular flexibility index (Phi) is 3.59. The Morgan fingerprint density at radius 2 is 2.12 bits per heavy atom. The topological polar surface area (TPSA) is 64.9 Å². The molecule has 1 aromatic carbocycles. The molecule has 1 aliphatic heterocycles. The third kappa shape index (κ3) is 2.68. The van der Waals surface area contributed by atoms with E-state index in [2.05, 4.69) is 10.3 Å². The molecule has 0 saturated carbocycles. The van der Waals surface area contributed by atoms with E-state index in [4.69, 9.17) is 21.1 Å². The highest BCUT2D eigenvalue weighted by Crippen LogP contribution is 2.34. The van der Waals surface area contributed by atoms with Crippen molar-refractivity contribution in [1.82, 2.24) is 9.38 Å².